The van der Waals surface area contributed by atoms with E-state index in [-0.39, 0.29) is 12.0 Å². The van der Waals surface area contributed by atoms with E-state index in [1.807, 2.05) is 0 Å². The number of anilines is 1. The number of hydrogen-bond donors (Lipinski definition) is 2. The number of amides is 2. The molecule has 5 nitrogen and oxygen atoms in total. The summed E-state index contributed by atoms with van der Waals surface area (Å²) in [5.74, 6) is -1.26. The largest absolute Gasteiger partial charge is 0.393 e. The van der Waals surface area contributed by atoms with Crippen LogP contribution in [0.15, 0.2) is 24.3 Å². The van der Waals surface area contributed by atoms with Crippen molar-refractivity contribution in [1.29, 1.82) is 0 Å². The van der Waals surface area contributed by atoms with Gasteiger partial charge in [0, 0.05) is 30.2 Å². The molecule has 1 saturated carbocycles. The number of likely N-dealkylation sites (N-methyl/N-ethyl adjacent to an activating group) is 1. The summed E-state index contributed by atoms with van der Waals surface area (Å²) in [6.07, 6.45) is 2.23. The summed E-state index contributed by atoms with van der Waals surface area (Å²) in [4.78, 5) is 25.3. The lowest BCUT2D eigenvalue weighted by molar-refractivity contribution is -0.142. The third kappa shape index (κ3) is 4.19. The van der Waals surface area contributed by atoms with Gasteiger partial charge in [-0.3, -0.25) is 9.59 Å². The maximum absolute atomic E-state index is 12.0. The molecular formula is C15H19ClN2O3. The quantitative estimate of drug-likeness (QED) is 0.838. The van der Waals surface area contributed by atoms with Crippen molar-refractivity contribution in [1.82, 2.24) is 4.90 Å². The van der Waals surface area contributed by atoms with E-state index in [1.54, 1.807) is 31.3 Å². The van der Waals surface area contributed by atoms with E-state index in [0.29, 0.717) is 17.3 Å². The zero-order valence-corrected chi connectivity index (χ0v) is 12.6. The van der Waals surface area contributed by atoms with Crippen LogP contribution in [-0.4, -0.2) is 41.5 Å². The predicted octanol–water partition coefficient (Wildman–Crippen LogP) is 1.90. The lowest BCUT2D eigenvalue weighted by atomic mass is 10.1. The summed E-state index contributed by atoms with van der Waals surface area (Å²) in [6, 6.07) is 6.62. The molecule has 2 atom stereocenters. The lowest BCUT2D eigenvalue weighted by Gasteiger charge is -2.22. The SMILES string of the molecule is CN(CC1CCCC1O)C(=O)C(=O)Nc1cccc(Cl)c1. The molecule has 0 saturated heterocycles. The lowest BCUT2D eigenvalue weighted by Crippen LogP contribution is -2.40. The van der Waals surface area contributed by atoms with Gasteiger partial charge in [-0.1, -0.05) is 24.1 Å². The number of nitrogens with one attached hydrogen (secondary N) is 1. The molecule has 0 heterocycles. The average Bonchev–Trinajstić information content (AvgIpc) is 2.83. The topological polar surface area (TPSA) is 69.6 Å². The molecule has 1 fully saturated rings. The Bertz CT molecular complexity index is 535. The number of aliphatic hydroxyl groups excluding tert-OH is 1. The summed E-state index contributed by atoms with van der Waals surface area (Å²) in [5, 5.41) is 12.8. The Kier molecular flexibility index (Phi) is 5.20. The Morgan fingerprint density at radius 3 is 2.81 bits per heavy atom. The Labute approximate surface area is 128 Å². The van der Waals surface area contributed by atoms with Gasteiger partial charge in [-0.25, -0.2) is 0 Å². The maximum atomic E-state index is 12.0. The second-order valence-corrected chi connectivity index (χ2v) is 5.84. The van der Waals surface area contributed by atoms with Gasteiger partial charge in [-0.05, 0) is 31.0 Å². The zero-order chi connectivity index (χ0) is 15.4. The van der Waals surface area contributed by atoms with Gasteiger partial charge in [0.25, 0.3) is 0 Å². The van der Waals surface area contributed by atoms with Gasteiger partial charge < -0.3 is 15.3 Å². The van der Waals surface area contributed by atoms with Crippen molar-refractivity contribution in [2.24, 2.45) is 5.92 Å². The second-order valence-electron chi connectivity index (χ2n) is 5.41. The summed E-state index contributed by atoms with van der Waals surface area (Å²) in [5.41, 5.74) is 0.482. The van der Waals surface area contributed by atoms with Gasteiger partial charge in [-0.2, -0.15) is 0 Å². The van der Waals surface area contributed by atoms with Gasteiger partial charge in [0.2, 0.25) is 0 Å². The number of nitrogens with zero attached hydrogens (tertiary/aromatic N) is 1. The number of benzene rings is 1. The number of halogens is 1. The van der Waals surface area contributed by atoms with E-state index in [2.05, 4.69) is 5.32 Å². The van der Waals surface area contributed by atoms with E-state index in [0.717, 1.165) is 19.3 Å². The molecule has 1 aromatic carbocycles. The first-order valence-electron chi connectivity index (χ1n) is 6.97. The van der Waals surface area contributed by atoms with E-state index < -0.39 is 11.8 Å². The molecule has 2 amide bonds. The van der Waals surface area contributed by atoms with Crippen LogP contribution in [0.1, 0.15) is 19.3 Å². The first-order valence-corrected chi connectivity index (χ1v) is 7.35. The molecule has 1 aromatic rings. The Morgan fingerprint density at radius 1 is 1.43 bits per heavy atom. The smallest absolute Gasteiger partial charge is 0.313 e. The highest BCUT2D eigenvalue weighted by Crippen LogP contribution is 2.26. The Balaban J connectivity index is 1.90. The highest BCUT2D eigenvalue weighted by molar-refractivity contribution is 6.39. The molecule has 0 aliphatic heterocycles. The summed E-state index contributed by atoms with van der Waals surface area (Å²) < 4.78 is 0. The minimum Gasteiger partial charge on any atom is -0.393 e. The van der Waals surface area contributed by atoms with Crippen molar-refractivity contribution < 1.29 is 14.7 Å². The molecule has 1 aliphatic rings. The summed E-state index contributed by atoms with van der Waals surface area (Å²) in [7, 11) is 1.57. The number of carbonyl (C=O) groups is 2. The van der Waals surface area contributed by atoms with Crippen LogP contribution in [0.3, 0.4) is 0 Å². The fourth-order valence-corrected chi connectivity index (χ4v) is 2.78. The Hall–Kier alpha value is -1.59. The molecule has 0 aromatic heterocycles. The third-order valence-corrected chi connectivity index (χ3v) is 3.99. The van der Waals surface area contributed by atoms with Gasteiger partial charge in [0.15, 0.2) is 0 Å². The van der Waals surface area contributed by atoms with Crippen LogP contribution in [-0.2, 0) is 9.59 Å². The van der Waals surface area contributed by atoms with Crippen molar-refractivity contribution >= 4 is 29.1 Å². The fourth-order valence-electron chi connectivity index (χ4n) is 2.59. The van der Waals surface area contributed by atoms with Crippen molar-refractivity contribution in [2.45, 2.75) is 25.4 Å². The molecule has 0 radical (unpaired) electrons. The van der Waals surface area contributed by atoms with Crippen LogP contribution in [0.2, 0.25) is 5.02 Å². The molecule has 114 valence electrons. The van der Waals surface area contributed by atoms with Crippen LogP contribution in [0.4, 0.5) is 5.69 Å². The van der Waals surface area contributed by atoms with Crippen LogP contribution in [0, 0.1) is 5.92 Å². The van der Waals surface area contributed by atoms with Crippen LogP contribution in [0.5, 0.6) is 0 Å². The molecule has 2 rings (SSSR count). The van der Waals surface area contributed by atoms with Crippen LogP contribution >= 0.6 is 11.6 Å². The van der Waals surface area contributed by atoms with E-state index in [4.69, 9.17) is 11.6 Å². The van der Waals surface area contributed by atoms with Gasteiger partial charge in [0.1, 0.15) is 0 Å². The third-order valence-electron chi connectivity index (χ3n) is 3.75. The predicted molar refractivity (Wildman–Crippen MR) is 81.1 cm³/mol. The van der Waals surface area contributed by atoms with Crippen molar-refractivity contribution in [3.05, 3.63) is 29.3 Å². The normalized spacial score (nSPS) is 21.1. The standard InChI is InChI=1S/C15H19ClN2O3/c1-18(9-10-4-2-7-13(10)19)15(21)14(20)17-12-6-3-5-11(16)8-12/h3,5-6,8,10,13,19H,2,4,7,9H2,1H3,(H,17,20). The molecule has 1 aliphatic carbocycles. The first-order chi connectivity index (χ1) is 9.97. The zero-order valence-electron chi connectivity index (χ0n) is 11.9. The number of carbonyl (C=O) groups excluding carboxylic acids is 2. The molecule has 2 unspecified atom stereocenters. The van der Waals surface area contributed by atoms with Gasteiger partial charge in [0.05, 0.1) is 6.10 Å². The Morgan fingerprint density at radius 2 is 2.19 bits per heavy atom. The minimum absolute atomic E-state index is 0.0536. The van der Waals surface area contributed by atoms with E-state index in [9.17, 15) is 14.7 Å². The number of aliphatic hydroxyl groups is 1. The monoisotopic (exact) mass is 310 g/mol. The van der Waals surface area contributed by atoms with Gasteiger partial charge >= 0.3 is 11.8 Å². The second kappa shape index (κ2) is 6.91. The highest BCUT2D eigenvalue weighted by atomic mass is 35.5. The van der Waals surface area contributed by atoms with Crippen molar-refractivity contribution in [2.75, 3.05) is 18.9 Å². The highest BCUT2D eigenvalue weighted by Gasteiger charge is 2.29. The molecule has 21 heavy (non-hydrogen) atoms. The first kappa shape index (κ1) is 15.8. The molecule has 0 spiro atoms. The summed E-state index contributed by atoms with van der Waals surface area (Å²) >= 11 is 5.83. The maximum Gasteiger partial charge on any atom is 0.313 e. The molecule has 6 heteroatoms. The van der Waals surface area contributed by atoms with Crippen molar-refractivity contribution in [3.8, 4) is 0 Å². The van der Waals surface area contributed by atoms with Crippen LogP contribution in [0.25, 0.3) is 0 Å². The average molecular weight is 311 g/mol. The number of hydrogen-bond acceptors (Lipinski definition) is 3. The van der Waals surface area contributed by atoms with E-state index >= 15 is 0 Å². The fraction of sp³-hybridized carbons (Fsp3) is 0.467. The van der Waals surface area contributed by atoms with Crippen LogP contribution < -0.4 is 5.32 Å². The minimum atomic E-state index is -0.702. The summed E-state index contributed by atoms with van der Waals surface area (Å²) in [6.45, 7) is 0.392. The number of rotatable bonds is 3. The van der Waals surface area contributed by atoms with Gasteiger partial charge in [-0.15, -0.1) is 0 Å². The molecular weight excluding hydrogens is 292 g/mol. The molecule has 0 bridgehead atoms. The van der Waals surface area contributed by atoms with Crippen molar-refractivity contribution in [3.63, 3.8) is 0 Å². The molecule has 2 N–H and O–H groups in total. The van der Waals surface area contributed by atoms with E-state index in [1.165, 1.54) is 4.90 Å².